The number of hydrogen-bond acceptors (Lipinski definition) is 2. The molecule has 0 heterocycles. The molecule has 82 valence electrons. The molecule has 0 radical (unpaired) electrons. The number of amides is 1. The second-order valence-electron chi connectivity index (χ2n) is 2.69. The van der Waals surface area contributed by atoms with Crippen molar-refractivity contribution in [2.24, 2.45) is 0 Å². The fraction of sp³-hybridized carbons (Fsp3) is 0.222. The monoisotopic (exact) mass is 219 g/mol. The Morgan fingerprint density at radius 1 is 1.27 bits per heavy atom. The predicted octanol–water partition coefficient (Wildman–Crippen LogP) is 1.83. The number of hydrogen-bond donors (Lipinski definition) is 1. The molecule has 0 fully saturated rings. The van der Waals surface area contributed by atoms with Crippen molar-refractivity contribution in [2.75, 3.05) is 0 Å². The molecule has 0 bridgehead atoms. The zero-order chi connectivity index (χ0) is 11.3. The van der Waals surface area contributed by atoms with Crippen molar-refractivity contribution in [3.63, 3.8) is 0 Å². The van der Waals surface area contributed by atoms with Crippen molar-refractivity contribution >= 4 is 6.41 Å². The van der Waals surface area contributed by atoms with Crippen LogP contribution in [-0.2, 0) is 11.3 Å². The Balaban J connectivity index is 2.60. The molecular formula is C9H8F3NO2. The SMILES string of the molecule is O=CNCc1ccc(OC(F)(F)F)cc1. The smallest absolute Gasteiger partial charge is 0.406 e. The molecule has 0 aliphatic carbocycles. The van der Waals surface area contributed by atoms with Gasteiger partial charge in [0, 0.05) is 6.54 Å². The molecule has 3 nitrogen and oxygen atoms in total. The summed E-state index contributed by atoms with van der Waals surface area (Å²) in [6.45, 7) is 0.274. The van der Waals surface area contributed by atoms with Crippen molar-refractivity contribution < 1.29 is 22.7 Å². The topological polar surface area (TPSA) is 38.3 Å². The predicted molar refractivity (Wildman–Crippen MR) is 46.0 cm³/mol. The number of rotatable bonds is 4. The molecule has 1 aromatic carbocycles. The fourth-order valence-corrected chi connectivity index (χ4v) is 0.968. The maximum atomic E-state index is 11.8. The molecule has 0 saturated heterocycles. The zero-order valence-corrected chi connectivity index (χ0v) is 7.54. The third kappa shape index (κ3) is 4.35. The molecule has 0 aliphatic rings. The van der Waals surface area contributed by atoms with Crippen LogP contribution in [0.4, 0.5) is 13.2 Å². The summed E-state index contributed by atoms with van der Waals surface area (Å²) in [5.74, 6) is -0.280. The number of ether oxygens (including phenoxy) is 1. The van der Waals surface area contributed by atoms with Gasteiger partial charge in [0.25, 0.3) is 0 Å². The van der Waals surface area contributed by atoms with Gasteiger partial charge in [-0.2, -0.15) is 0 Å². The zero-order valence-electron chi connectivity index (χ0n) is 7.54. The Labute approximate surface area is 83.8 Å². The average Bonchev–Trinajstić information content (AvgIpc) is 2.14. The summed E-state index contributed by atoms with van der Waals surface area (Å²) in [6.07, 6.45) is -4.16. The average molecular weight is 219 g/mol. The van der Waals surface area contributed by atoms with E-state index in [4.69, 9.17) is 0 Å². The van der Waals surface area contributed by atoms with E-state index in [0.29, 0.717) is 12.0 Å². The first-order valence-corrected chi connectivity index (χ1v) is 4.03. The molecule has 1 rings (SSSR count). The lowest BCUT2D eigenvalue weighted by Gasteiger charge is -2.08. The van der Waals surface area contributed by atoms with Gasteiger partial charge in [-0.05, 0) is 17.7 Å². The third-order valence-electron chi connectivity index (χ3n) is 1.55. The van der Waals surface area contributed by atoms with Gasteiger partial charge in [-0.1, -0.05) is 12.1 Å². The number of carbonyl (C=O) groups is 1. The lowest BCUT2D eigenvalue weighted by atomic mass is 10.2. The summed E-state index contributed by atoms with van der Waals surface area (Å²) >= 11 is 0. The van der Waals surface area contributed by atoms with Crippen molar-refractivity contribution in [3.05, 3.63) is 29.8 Å². The van der Waals surface area contributed by atoms with Gasteiger partial charge in [0.2, 0.25) is 6.41 Å². The second kappa shape index (κ2) is 4.68. The summed E-state index contributed by atoms with van der Waals surface area (Å²) < 4.78 is 39.0. The van der Waals surface area contributed by atoms with Gasteiger partial charge in [-0.3, -0.25) is 4.79 Å². The first kappa shape index (κ1) is 11.4. The highest BCUT2D eigenvalue weighted by Gasteiger charge is 2.30. The van der Waals surface area contributed by atoms with Crippen molar-refractivity contribution in [1.82, 2.24) is 5.32 Å². The molecular weight excluding hydrogens is 211 g/mol. The standard InChI is InChI=1S/C9H8F3NO2/c10-9(11,12)15-8-3-1-7(2-4-8)5-13-6-14/h1-4,6H,5H2,(H,13,14). The van der Waals surface area contributed by atoms with Crippen LogP contribution in [0.3, 0.4) is 0 Å². The maximum Gasteiger partial charge on any atom is 0.573 e. The lowest BCUT2D eigenvalue weighted by molar-refractivity contribution is -0.274. The fourth-order valence-electron chi connectivity index (χ4n) is 0.968. The summed E-state index contributed by atoms with van der Waals surface area (Å²) in [5.41, 5.74) is 0.691. The maximum absolute atomic E-state index is 11.8. The van der Waals surface area contributed by atoms with E-state index >= 15 is 0 Å². The first-order valence-electron chi connectivity index (χ1n) is 4.03. The van der Waals surface area contributed by atoms with E-state index in [0.717, 1.165) is 0 Å². The Kier molecular flexibility index (Phi) is 3.54. The molecule has 15 heavy (non-hydrogen) atoms. The van der Waals surface area contributed by atoms with Crippen molar-refractivity contribution in [3.8, 4) is 5.75 Å². The number of nitrogens with one attached hydrogen (secondary N) is 1. The minimum atomic E-state index is -4.68. The van der Waals surface area contributed by atoms with Crippen LogP contribution >= 0.6 is 0 Å². The van der Waals surface area contributed by atoms with E-state index in [-0.39, 0.29) is 12.3 Å². The minimum Gasteiger partial charge on any atom is -0.406 e. The van der Waals surface area contributed by atoms with E-state index in [9.17, 15) is 18.0 Å². The molecule has 1 aromatic rings. The second-order valence-corrected chi connectivity index (χ2v) is 2.69. The summed E-state index contributed by atoms with van der Waals surface area (Å²) in [4.78, 5) is 9.95. The minimum absolute atomic E-state index is 0.274. The van der Waals surface area contributed by atoms with Crippen molar-refractivity contribution in [1.29, 1.82) is 0 Å². The highest BCUT2D eigenvalue weighted by atomic mass is 19.4. The molecule has 0 aliphatic heterocycles. The van der Waals surface area contributed by atoms with Gasteiger partial charge in [0.05, 0.1) is 0 Å². The van der Waals surface area contributed by atoms with Crippen LogP contribution in [0.25, 0.3) is 0 Å². The first-order chi connectivity index (χ1) is 7.01. The molecule has 0 unspecified atom stereocenters. The lowest BCUT2D eigenvalue weighted by Crippen LogP contribution is -2.17. The Bertz CT molecular complexity index is 321. The Morgan fingerprint density at radius 3 is 2.33 bits per heavy atom. The third-order valence-corrected chi connectivity index (χ3v) is 1.55. The van der Waals surface area contributed by atoms with E-state index in [2.05, 4.69) is 10.1 Å². The van der Waals surface area contributed by atoms with Gasteiger partial charge in [-0.25, -0.2) is 0 Å². The summed E-state index contributed by atoms with van der Waals surface area (Å²) in [5, 5.41) is 2.39. The Hall–Kier alpha value is -1.72. The van der Waals surface area contributed by atoms with E-state index < -0.39 is 6.36 Å². The highest BCUT2D eigenvalue weighted by molar-refractivity contribution is 5.46. The van der Waals surface area contributed by atoms with Crippen LogP contribution in [0, 0.1) is 0 Å². The van der Waals surface area contributed by atoms with Crippen LogP contribution in [-0.4, -0.2) is 12.8 Å². The number of carbonyl (C=O) groups excluding carboxylic acids is 1. The van der Waals surface area contributed by atoms with Crippen LogP contribution in [0.2, 0.25) is 0 Å². The Morgan fingerprint density at radius 2 is 1.87 bits per heavy atom. The number of alkyl halides is 3. The normalized spacial score (nSPS) is 10.9. The van der Waals surface area contributed by atoms with Crippen LogP contribution in [0.1, 0.15) is 5.56 Å². The van der Waals surface area contributed by atoms with Crippen LogP contribution in [0.15, 0.2) is 24.3 Å². The molecule has 1 N–H and O–H groups in total. The molecule has 0 saturated carbocycles. The van der Waals surface area contributed by atoms with Gasteiger partial charge in [-0.15, -0.1) is 13.2 Å². The molecule has 1 amide bonds. The van der Waals surface area contributed by atoms with Gasteiger partial charge in [0.15, 0.2) is 0 Å². The molecule has 0 aromatic heterocycles. The van der Waals surface area contributed by atoms with Crippen molar-refractivity contribution in [2.45, 2.75) is 12.9 Å². The van der Waals surface area contributed by atoms with E-state index in [1.54, 1.807) is 0 Å². The largest absolute Gasteiger partial charge is 0.573 e. The van der Waals surface area contributed by atoms with E-state index in [1.807, 2.05) is 0 Å². The summed E-state index contributed by atoms with van der Waals surface area (Å²) in [6, 6.07) is 5.26. The van der Waals surface area contributed by atoms with Crippen LogP contribution in [0.5, 0.6) is 5.75 Å². The van der Waals surface area contributed by atoms with E-state index in [1.165, 1.54) is 24.3 Å². The summed E-state index contributed by atoms with van der Waals surface area (Å²) in [7, 11) is 0. The highest BCUT2D eigenvalue weighted by Crippen LogP contribution is 2.22. The van der Waals surface area contributed by atoms with Crippen LogP contribution < -0.4 is 10.1 Å². The quantitative estimate of drug-likeness (QED) is 0.784. The van der Waals surface area contributed by atoms with Gasteiger partial charge < -0.3 is 10.1 Å². The number of halogens is 3. The molecule has 0 spiro atoms. The van der Waals surface area contributed by atoms with Gasteiger partial charge >= 0.3 is 6.36 Å². The number of benzene rings is 1. The van der Waals surface area contributed by atoms with Gasteiger partial charge in [0.1, 0.15) is 5.75 Å². The molecule has 6 heteroatoms. The molecule has 0 atom stereocenters.